The second-order valence-electron chi connectivity index (χ2n) is 6.80. The standard InChI is InChI=1S/C21H19BrF3N3O4S/c1-28(13-14-3-5-15(31-2)6-4-14)33(29,30)17-8-9-19(18(22)11-17)27-20-10-7-16(12-26-20)32-21(23,24)25/h3-12H,13H2,1-2H3,(H,26,27). The highest BCUT2D eigenvalue weighted by molar-refractivity contribution is 9.10. The lowest BCUT2D eigenvalue weighted by Crippen LogP contribution is -2.26. The molecule has 0 fully saturated rings. The zero-order valence-corrected chi connectivity index (χ0v) is 19.8. The van der Waals surface area contributed by atoms with Crippen LogP contribution in [0.25, 0.3) is 0 Å². The number of pyridine rings is 1. The van der Waals surface area contributed by atoms with Crippen molar-refractivity contribution in [3.05, 3.63) is 70.8 Å². The Kier molecular flexibility index (Phi) is 7.50. The average Bonchev–Trinajstić information content (AvgIpc) is 2.76. The molecule has 33 heavy (non-hydrogen) atoms. The lowest BCUT2D eigenvalue weighted by molar-refractivity contribution is -0.274. The lowest BCUT2D eigenvalue weighted by Gasteiger charge is -2.18. The monoisotopic (exact) mass is 545 g/mol. The SMILES string of the molecule is COc1ccc(CN(C)S(=O)(=O)c2ccc(Nc3ccc(OC(F)(F)F)cn3)c(Br)c2)cc1. The van der Waals surface area contributed by atoms with Gasteiger partial charge in [0.15, 0.2) is 0 Å². The molecular weight excluding hydrogens is 527 g/mol. The van der Waals surface area contributed by atoms with E-state index in [0.29, 0.717) is 15.9 Å². The van der Waals surface area contributed by atoms with Crippen molar-refractivity contribution in [2.24, 2.45) is 0 Å². The van der Waals surface area contributed by atoms with Crippen molar-refractivity contribution < 1.29 is 31.1 Å². The van der Waals surface area contributed by atoms with Crippen molar-refractivity contribution in [3.63, 3.8) is 0 Å². The maximum absolute atomic E-state index is 13.0. The van der Waals surface area contributed by atoms with Crippen LogP contribution in [0.5, 0.6) is 11.5 Å². The van der Waals surface area contributed by atoms with Crippen LogP contribution in [0.2, 0.25) is 0 Å². The summed E-state index contributed by atoms with van der Waals surface area (Å²) in [4.78, 5) is 3.93. The number of nitrogens with one attached hydrogen (secondary N) is 1. The van der Waals surface area contributed by atoms with E-state index in [-0.39, 0.29) is 17.3 Å². The fraction of sp³-hybridized carbons (Fsp3) is 0.190. The predicted molar refractivity (Wildman–Crippen MR) is 120 cm³/mol. The first-order valence-corrected chi connectivity index (χ1v) is 11.6. The van der Waals surface area contributed by atoms with E-state index < -0.39 is 22.1 Å². The van der Waals surface area contributed by atoms with Gasteiger partial charge in [-0.15, -0.1) is 13.2 Å². The number of sulfonamides is 1. The minimum absolute atomic E-state index is 0.0674. The van der Waals surface area contributed by atoms with Gasteiger partial charge in [0.2, 0.25) is 10.0 Å². The zero-order chi connectivity index (χ0) is 24.2. The number of halogens is 4. The molecular formula is C21H19BrF3N3O4S. The van der Waals surface area contributed by atoms with Crippen LogP contribution in [0.3, 0.4) is 0 Å². The molecule has 2 aromatic carbocycles. The van der Waals surface area contributed by atoms with Gasteiger partial charge >= 0.3 is 6.36 Å². The van der Waals surface area contributed by atoms with Crippen LogP contribution in [-0.2, 0) is 16.6 Å². The first kappa shape index (κ1) is 24.8. The van der Waals surface area contributed by atoms with Gasteiger partial charge in [-0.05, 0) is 64.0 Å². The van der Waals surface area contributed by atoms with Crippen molar-refractivity contribution in [2.75, 3.05) is 19.5 Å². The molecule has 0 saturated carbocycles. The number of methoxy groups -OCH3 is 1. The fourth-order valence-electron chi connectivity index (χ4n) is 2.80. The highest BCUT2D eigenvalue weighted by Crippen LogP contribution is 2.30. The Bertz CT molecular complexity index is 1200. The molecule has 0 aliphatic heterocycles. The Morgan fingerprint density at radius 1 is 1.06 bits per heavy atom. The third kappa shape index (κ3) is 6.59. The number of hydrogen-bond acceptors (Lipinski definition) is 6. The third-order valence-corrected chi connectivity index (χ3v) is 6.90. The summed E-state index contributed by atoms with van der Waals surface area (Å²) in [6, 6.07) is 13.9. The van der Waals surface area contributed by atoms with Gasteiger partial charge in [-0.3, -0.25) is 0 Å². The number of alkyl halides is 3. The molecule has 0 bridgehead atoms. The van der Waals surface area contributed by atoms with Gasteiger partial charge in [0.05, 0.1) is 23.9 Å². The third-order valence-electron chi connectivity index (χ3n) is 4.45. The fourth-order valence-corrected chi connectivity index (χ4v) is 4.61. The van der Waals surface area contributed by atoms with E-state index in [9.17, 15) is 21.6 Å². The van der Waals surface area contributed by atoms with E-state index in [1.807, 2.05) is 0 Å². The van der Waals surface area contributed by atoms with E-state index in [1.165, 1.54) is 35.6 Å². The van der Waals surface area contributed by atoms with Crippen molar-refractivity contribution in [2.45, 2.75) is 17.8 Å². The van der Waals surface area contributed by atoms with Gasteiger partial charge in [-0.1, -0.05) is 12.1 Å². The van der Waals surface area contributed by atoms with Crippen molar-refractivity contribution >= 4 is 37.5 Å². The number of hydrogen-bond donors (Lipinski definition) is 1. The molecule has 7 nitrogen and oxygen atoms in total. The second-order valence-corrected chi connectivity index (χ2v) is 9.70. The summed E-state index contributed by atoms with van der Waals surface area (Å²) >= 11 is 3.32. The van der Waals surface area contributed by atoms with Crippen LogP contribution in [0.1, 0.15) is 5.56 Å². The normalized spacial score (nSPS) is 12.0. The maximum atomic E-state index is 13.0. The van der Waals surface area contributed by atoms with Crippen LogP contribution in [0.4, 0.5) is 24.7 Å². The quantitative estimate of drug-likeness (QED) is 0.412. The largest absolute Gasteiger partial charge is 0.573 e. The van der Waals surface area contributed by atoms with Crippen LogP contribution < -0.4 is 14.8 Å². The van der Waals surface area contributed by atoms with E-state index in [0.717, 1.165) is 17.8 Å². The molecule has 1 aromatic heterocycles. The first-order chi connectivity index (χ1) is 15.5. The summed E-state index contributed by atoms with van der Waals surface area (Å²) in [6.45, 7) is 0.167. The molecule has 0 spiro atoms. The molecule has 12 heteroatoms. The zero-order valence-electron chi connectivity index (χ0n) is 17.4. The first-order valence-electron chi connectivity index (χ1n) is 9.35. The summed E-state index contributed by atoms with van der Waals surface area (Å²) in [7, 11) is -0.751. The van der Waals surface area contributed by atoms with Gasteiger partial charge < -0.3 is 14.8 Å². The molecule has 0 aliphatic rings. The van der Waals surface area contributed by atoms with Gasteiger partial charge in [0.25, 0.3) is 0 Å². The Labute approximate surface area is 197 Å². The van der Waals surface area contributed by atoms with E-state index >= 15 is 0 Å². The number of rotatable bonds is 8. The minimum Gasteiger partial charge on any atom is -0.497 e. The Morgan fingerprint density at radius 3 is 2.27 bits per heavy atom. The molecule has 0 radical (unpaired) electrons. The highest BCUT2D eigenvalue weighted by atomic mass is 79.9. The van der Waals surface area contributed by atoms with Gasteiger partial charge in [-0.2, -0.15) is 4.31 Å². The Morgan fingerprint density at radius 2 is 1.73 bits per heavy atom. The molecule has 3 aromatic rings. The number of anilines is 2. The van der Waals surface area contributed by atoms with Crippen molar-refractivity contribution in [1.29, 1.82) is 0 Å². The topological polar surface area (TPSA) is 80.8 Å². The Balaban J connectivity index is 1.71. The van der Waals surface area contributed by atoms with Crippen LogP contribution >= 0.6 is 15.9 Å². The van der Waals surface area contributed by atoms with Gasteiger partial charge in [0.1, 0.15) is 17.3 Å². The predicted octanol–water partition coefficient (Wildman–Crippen LogP) is 5.32. The number of aromatic nitrogens is 1. The van der Waals surface area contributed by atoms with Crippen LogP contribution in [0.15, 0.2) is 70.2 Å². The number of benzene rings is 2. The van der Waals surface area contributed by atoms with Crippen LogP contribution in [0, 0.1) is 0 Å². The van der Waals surface area contributed by atoms with Crippen molar-refractivity contribution in [1.82, 2.24) is 9.29 Å². The molecule has 176 valence electrons. The molecule has 1 N–H and O–H groups in total. The van der Waals surface area contributed by atoms with E-state index in [2.05, 4.69) is 31.0 Å². The molecule has 0 atom stereocenters. The van der Waals surface area contributed by atoms with E-state index in [1.54, 1.807) is 31.4 Å². The van der Waals surface area contributed by atoms with Gasteiger partial charge in [0, 0.05) is 18.1 Å². The summed E-state index contributed by atoms with van der Waals surface area (Å²) in [6.07, 6.45) is -3.88. The highest BCUT2D eigenvalue weighted by Gasteiger charge is 2.31. The maximum Gasteiger partial charge on any atom is 0.573 e. The smallest absolute Gasteiger partial charge is 0.497 e. The summed E-state index contributed by atoms with van der Waals surface area (Å²) in [5.41, 5.74) is 1.27. The molecule has 1 heterocycles. The molecule has 0 amide bonds. The second kappa shape index (κ2) is 9.98. The van der Waals surface area contributed by atoms with Crippen molar-refractivity contribution in [3.8, 4) is 11.5 Å². The average molecular weight is 546 g/mol. The molecule has 0 aliphatic carbocycles. The summed E-state index contributed by atoms with van der Waals surface area (Å²) in [5, 5.41) is 2.91. The molecule has 3 rings (SSSR count). The summed E-state index contributed by atoms with van der Waals surface area (Å²) < 4.78 is 73.3. The molecule has 0 saturated heterocycles. The lowest BCUT2D eigenvalue weighted by atomic mass is 10.2. The minimum atomic E-state index is -4.80. The number of nitrogens with zero attached hydrogens (tertiary/aromatic N) is 2. The van der Waals surface area contributed by atoms with E-state index in [4.69, 9.17) is 4.74 Å². The Hall–Kier alpha value is -2.83. The molecule has 0 unspecified atom stereocenters. The number of ether oxygens (including phenoxy) is 2. The summed E-state index contributed by atoms with van der Waals surface area (Å²) in [5.74, 6) is 0.471. The van der Waals surface area contributed by atoms with Gasteiger partial charge in [-0.25, -0.2) is 13.4 Å². The van der Waals surface area contributed by atoms with Crippen LogP contribution in [-0.4, -0.2) is 38.2 Å².